The topological polar surface area (TPSA) is 64.6 Å². The van der Waals surface area contributed by atoms with Gasteiger partial charge in [0, 0.05) is 25.2 Å². The predicted octanol–water partition coefficient (Wildman–Crippen LogP) is 1.44. The van der Waals surface area contributed by atoms with Gasteiger partial charge in [0.15, 0.2) is 0 Å². The van der Waals surface area contributed by atoms with Crippen LogP contribution in [0.25, 0.3) is 0 Å². The summed E-state index contributed by atoms with van der Waals surface area (Å²) in [5, 5.41) is 16.4. The van der Waals surface area contributed by atoms with Crippen molar-refractivity contribution in [2.75, 3.05) is 32.8 Å². The van der Waals surface area contributed by atoms with Crippen LogP contribution in [0.4, 0.5) is 0 Å². The molecule has 1 aromatic rings. The van der Waals surface area contributed by atoms with Gasteiger partial charge in [-0.1, -0.05) is 29.8 Å². The number of hydrogen-bond donors (Lipinski definition) is 3. The molecule has 0 atom stereocenters. The molecule has 1 heterocycles. The first-order valence-electron chi connectivity index (χ1n) is 9.49. The van der Waals surface area contributed by atoms with Crippen molar-refractivity contribution in [1.29, 1.82) is 0 Å². The molecule has 2 fully saturated rings. The molecule has 3 N–H and O–H groups in total. The monoisotopic (exact) mass is 345 g/mol. The number of aryl methyl sites for hydroxylation is 1. The van der Waals surface area contributed by atoms with E-state index in [0.29, 0.717) is 13.1 Å². The molecule has 5 heteroatoms. The fraction of sp³-hybridized carbons (Fsp3) is 0.650. The minimum absolute atomic E-state index is 0.0731. The third-order valence-corrected chi connectivity index (χ3v) is 5.52. The van der Waals surface area contributed by atoms with Gasteiger partial charge in [0.25, 0.3) is 0 Å². The van der Waals surface area contributed by atoms with Crippen molar-refractivity contribution in [1.82, 2.24) is 15.5 Å². The predicted molar refractivity (Wildman–Crippen MR) is 99.2 cm³/mol. The number of carbonyl (C=O) groups is 1. The minimum atomic E-state index is -0.142. The first-order valence-corrected chi connectivity index (χ1v) is 9.49. The highest BCUT2D eigenvalue weighted by atomic mass is 16.3. The summed E-state index contributed by atoms with van der Waals surface area (Å²) in [7, 11) is 0. The van der Waals surface area contributed by atoms with Gasteiger partial charge in [0.1, 0.15) is 0 Å². The lowest BCUT2D eigenvalue weighted by Gasteiger charge is -2.41. The lowest BCUT2D eigenvalue weighted by molar-refractivity contribution is -0.122. The van der Waals surface area contributed by atoms with Crippen molar-refractivity contribution in [3.63, 3.8) is 0 Å². The average molecular weight is 345 g/mol. The van der Waals surface area contributed by atoms with Crippen LogP contribution in [-0.2, 0) is 11.3 Å². The Morgan fingerprint density at radius 1 is 1.32 bits per heavy atom. The maximum absolute atomic E-state index is 12.2. The molecule has 1 saturated heterocycles. The lowest BCUT2D eigenvalue weighted by atomic mass is 9.88. The van der Waals surface area contributed by atoms with E-state index < -0.39 is 0 Å². The molecule has 2 aliphatic rings. The molecule has 5 nitrogen and oxygen atoms in total. The van der Waals surface area contributed by atoms with Crippen LogP contribution in [0.1, 0.15) is 36.8 Å². The highest BCUT2D eigenvalue weighted by Gasteiger charge is 2.35. The van der Waals surface area contributed by atoms with E-state index in [1.54, 1.807) is 0 Å². The van der Waals surface area contributed by atoms with Crippen molar-refractivity contribution in [2.24, 2.45) is 5.92 Å². The summed E-state index contributed by atoms with van der Waals surface area (Å²) in [5.74, 6) is 0.887. The Bertz CT molecular complexity index is 578. The zero-order chi connectivity index (χ0) is 17.7. The summed E-state index contributed by atoms with van der Waals surface area (Å²) in [5.41, 5.74) is 2.20. The van der Waals surface area contributed by atoms with E-state index in [1.165, 1.54) is 18.4 Å². The Labute approximate surface area is 150 Å². The van der Waals surface area contributed by atoms with E-state index in [2.05, 4.69) is 34.6 Å². The summed E-state index contributed by atoms with van der Waals surface area (Å²) >= 11 is 0. The van der Waals surface area contributed by atoms with E-state index in [0.717, 1.165) is 44.0 Å². The number of carbonyl (C=O) groups excluding carboxylic acids is 1. The van der Waals surface area contributed by atoms with Crippen LogP contribution in [0.3, 0.4) is 0 Å². The number of hydrogen-bond acceptors (Lipinski definition) is 4. The number of amides is 1. The van der Waals surface area contributed by atoms with E-state index in [4.69, 9.17) is 0 Å². The van der Waals surface area contributed by atoms with Crippen LogP contribution >= 0.6 is 0 Å². The van der Waals surface area contributed by atoms with Gasteiger partial charge in [-0.3, -0.25) is 9.69 Å². The van der Waals surface area contributed by atoms with Gasteiger partial charge >= 0.3 is 0 Å². The summed E-state index contributed by atoms with van der Waals surface area (Å²) in [6.45, 7) is 6.01. The Kier molecular flexibility index (Phi) is 6.10. The largest absolute Gasteiger partial charge is 0.394 e. The maximum Gasteiger partial charge on any atom is 0.234 e. The van der Waals surface area contributed by atoms with Crippen molar-refractivity contribution in [2.45, 2.75) is 44.7 Å². The number of aliphatic hydroxyl groups is 1. The van der Waals surface area contributed by atoms with Crippen LogP contribution in [0.5, 0.6) is 0 Å². The smallest absolute Gasteiger partial charge is 0.234 e. The Morgan fingerprint density at radius 2 is 2.08 bits per heavy atom. The third-order valence-electron chi connectivity index (χ3n) is 5.52. The molecular formula is C20H31N3O2. The van der Waals surface area contributed by atoms with Crippen LogP contribution < -0.4 is 10.6 Å². The van der Waals surface area contributed by atoms with Gasteiger partial charge < -0.3 is 15.7 Å². The lowest BCUT2D eigenvalue weighted by Crippen LogP contribution is -2.57. The third kappa shape index (κ3) is 5.53. The second kappa shape index (κ2) is 8.30. The van der Waals surface area contributed by atoms with Gasteiger partial charge in [0.2, 0.25) is 5.91 Å². The van der Waals surface area contributed by atoms with Crippen molar-refractivity contribution in [3.8, 4) is 0 Å². The second-order valence-corrected chi connectivity index (χ2v) is 7.80. The van der Waals surface area contributed by atoms with Gasteiger partial charge in [-0.15, -0.1) is 0 Å². The maximum atomic E-state index is 12.2. The number of nitrogens with one attached hydrogen (secondary N) is 2. The molecule has 1 saturated carbocycles. The van der Waals surface area contributed by atoms with E-state index in [1.807, 2.05) is 12.1 Å². The Morgan fingerprint density at radius 3 is 2.72 bits per heavy atom. The molecule has 0 spiro atoms. The Hall–Kier alpha value is -1.43. The van der Waals surface area contributed by atoms with Crippen molar-refractivity contribution < 1.29 is 9.90 Å². The Balaban J connectivity index is 1.39. The van der Waals surface area contributed by atoms with E-state index in [-0.39, 0.29) is 18.1 Å². The molecule has 1 aliphatic heterocycles. The standard InChI is InChI=1S/C20H31N3O2/c1-16-3-2-4-18(11-16)12-21-19(25)14-23-9-7-20(15-24,8-10-23)22-13-17-5-6-17/h2-4,11,17,22,24H,5-10,12-15H2,1H3,(H,21,25). The highest BCUT2D eigenvalue weighted by molar-refractivity contribution is 5.78. The van der Waals surface area contributed by atoms with Crippen molar-refractivity contribution >= 4 is 5.91 Å². The number of rotatable bonds is 8. The number of likely N-dealkylation sites (tertiary alicyclic amines) is 1. The summed E-state index contributed by atoms with van der Waals surface area (Å²) in [6, 6.07) is 8.21. The molecule has 1 aliphatic carbocycles. The number of aliphatic hydroxyl groups excluding tert-OH is 1. The van der Waals surface area contributed by atoms with Crippen LogP contribution in [0, 0.1) is 12.8 Å². The van der Waals surface area contributed by atoms with Gasteiger partial charge in [0.05, 0.1) is 13.2 Å². The molecule has 3 rings (SSSR count). The van der Waals surface area contributed by atoms with Gasteiger partial charge in [-0.05, 0) is 50.6 Å². The zero-order valence-electron chi connectivity index (χ0n) is 15.3. The SMILES string of the molecule is Cc1cccc(CNC(=O)CN2CCC(CO)(NCC3CC3)CC2)c1. The van der Waals surface area contributed by atoms with Crippen molar-refractivity contribution in [3.05, 3.63) is 35.4 Å². The van der Waals surface area contributed by atoms with Gasteiger partial charge in [-0.2, -0.15) is 0 Å². The summed E-state index contributed by atoms with van der Waals surface area (Å²) in [6.07, 6.45) is 4.45. The quantitative estimate of drug-likeness (QED) is 0.667. The fourth-order valence-corrected chi connectivity index (χ4v) is 3.49. The molecule has 25 heavy (non-hydrogen) atoms. The van der Waals surface area contributed by atoms with E-state index >= 15 is 0 Å². The molecule has 1 amide bonds. The first kappa shape index (κ1) is 18.4. The highest BCUT2D eigenvalue weighted by Crippen LogP contribution is 2.30. The number of piperidine rings is 1. The molecular weight excluding hydrogens is 314 g/mol. The molecule has 0 bridgehead atoms. The zero-order valence-corrected chi connectivity index (χ0v) is 15.3. The fourth-order valence-electron chi connectivity index (χ4n) is 3.49. The van der Waals surface area contributed by atoms with Crippen LogP contribution in [0.15, 0.2) is 24.3 Å². The molecule has 0 aromatic heterocycles. The van der Waals surface area contributed by atoms with Gasteiger partial charge in [-0.25, -0.2) is 0 Å². The normalized spacial score (nSPS) is 20.4. The minimum Gasteiger partial charge on any atom is -0.394 e. The van der Waals surface area contributed by atoms with Crippen LogP contribution in [0.2, 0.25) is 0 Å². The summed E-state index contributed by atoms with van der Waals surface area (Å²) < 4.78 is 0. The molecule has 0 radical (unpaired) electrons. The van der Waals surface area contributed by atoms with E-state index in [9.17, 15) is 9.90 Å². The summed E-state index contributed by atoms with van der Waals surface area (Å²) in [4.78, 5) is 14.4. The molecule has 1 aromatic carbocycles. The van der Waals surface area contributed by atoms with Crippen LogP contribution in [-0.4, -0.2) is 54.2 Å². The average Bonchev–Trinajstić information content (AvgIpc) is 3.44. The molecule has 0 unspecified atom stereocenters. The first-order chi connectivity index (χ1) is 12.1. The molecule has 138 valence electrons. The number of benzene rings is 1. The second-order valence-electron chi connectivity index (χ2n) is 7.80. The number of nitrogens with zero attached hydrogens (tertiary/aromatic N) is 1.